The van der Waals surface area contributed by atoms with Crippen LogP contribution in [0.4, 0.5) is 0 Å². The topological polar surface area (TPSA) is 22.1 Å². The number of hydrogen-bond donors (Lipinski definition) is 0. The van der Waals surface area contributed by atoms with Crippen LogP contribution in [0.3, 0.4) is 0 Å². The van der Waals surface area contributed by atoms with Crippen molar-refractivity contribution in [1.29, 1.82) is 0 Å². The third-order valence-electron chi connectivity index (χ3n) is 4.18. The molecule has 106 valence electrons. The SMILES string of the molecule is CC1CCCCC1Oc1cc(CCl)nc2ccccc12. The molecule has 0 amide bonds. The van der Waals surface area contributed by atoms with Gasteiger partial charge in [0.1, 0.15) is 11.9 Å². The third-order valence-corrected chi connectivity index (χ3v) is 4.45. The Labute approximate surface area is 125 Å². The molecule has 2 aromatic rings. The van der Waals surface area contributed by atoms with Crippen molar-refractivity contribution in [3.8, 4) is 5.75 Å². The molecule has 1 aliphatic rings. The van der Waals surface area contributed by atoms with Gasteiger partial charge in [-0.15, -0.1) is 11.6 Å². The summed E-state index contributed by atoms with van der Waals surface area (Å²) in [6.45, 7) is 2.29. The molecule has 1 heterocycles. The average molecular weight is 290 g/mol. The third kappa shape index (κ3) is 2.76. The summed E-state index contributed by atoms with van der Waals surface area (Å²) < 4.78 is 6.32. The summed E-state index contributed by atoms with van der Waals surface area (Å²) in [4.78, 5) is 4.55. The van der Waals surface area contributed by atoms with Crippen molar-refractivity contribution in [2.45, 2.75) is 44.6 Å². The minimum atomic E-state index is 0.317. The van der Waals surface area contributed by atoms with E-state index in [0.717, 1.165) is 28.8 Å². The monoisotopic (exact) mass is 289 g/mol. The highest BCUT2D eigenvalue weighted by Crippen LogP contribution is 2.32. The Morgan fingerprint density at radius 2 is 2.05 bits per heavy atom. The lowest BCUT2D eigenvalue weighted by atomic mass is 9.88. The van der Waals surface area contributed by atoms with Gasteiger partial charge in [-0.25, -0.2) is 0 Å². The molecular formula is C17H20ClNO. The number of pyridine rings is 1. The molecule has 3 heteroatoms. The predicted octanol–water partition coefficient (Wildman–Crippen LogP) is 4.93. The van der Waals surface area contributed by atoms with E-state index in [4.69, 9.17) is 16.3 Å². The van der Waals surface area contributed by atoms with Gasteiger partial charge in [-0.1, -0.05) is 25.5 Å². The molecule has 1 aliphatic carbocycles. The van der Waals surface area contributed by atoms with E-state index in [2.05, 4.69) is 18.0 Å². The molecule has 0 spiro atoms. The van der Waals surface area contributed by atoms with Crippen LogP contribution < -0.4 is 4.74 Å². The molecule has 0 N–H and O–H groups in total. The zero-order valence-corrected chi connectivity index (χ0v) is 12.6. The summed E-state index contributed by atoms with van der Waals surface area (Å²) in [5, 5.41) is 1.08. The van der Waals surface area contributed by atoms with Gasteiger partial charge >= 0.3 is 0 Å². The molecule has 0 radical (unpaired) electrons. The molecule has 2 nitrogen and oxygen atoms in total. The van der Waals surface area contributed by atoms with Crippen LogP contribution >= 0.6 is 11.6 Å². The number of para-hydroxylation sites is 1. The number of aromatic nitrogens is 1. The standard InChI is InChI=1S/C17H20ClNO/c1-12-6-2-5-9-16(12)20-17-10-13(11-18)19-15-8-4-3-7-14(15)17/h3-4,7-8,10,12,16H,2,5-6,9,11H2,1H3. The van der Waals surface area contributed by atoms with Crippen LogP contribution in [0.25, 0.3) is 10.9 Å². The Bertz CT molecular complexity index is 599. The van der Waals surface area contributed by atoms with Gasteiger partial charge in [0.2, 0.25) is 0 Å². The molecule has 3 rings (SSSR count). The van der Waals surface area contributed by atoms with Gasteiger partial charge in [0.05, 0.1) is 17.1 Å². The molecule has 2 unspecified atom stereocenters. The zero-order chi connectivity index (χ0) is 13.9. The quantitative estimate of drug-likeness (QED) is 0.747. The summed E-state index contributed by atoms with van der Waals surface area (Å²) in [5.41, 5.74) is 1.84. The molecule has 0 aliphatic heterocycles. The van der Waals surface area contributed by atoms with Crippen molar-refractivity contribution in [2.75, 3.05) is 0 Å². The van der Waals surface area contributed by atoms with Crippen LogP contribution in [0.2, 0.25) is 0 Å². The van der Waals surface area contributed by atoms with Crippen LogP contribution in [0, 0.1) is 5.92 Å². The fraction of sp³-hybridized carbons (Fsp3) is 0.471. The first-order valence-corrected chi connectivity index (χ1v) is 7.92. The lowest BCUT2D eigenvalue weighted by Crippen LogP contribution is -2.28. The smallest absolute Gasteiger partial charge is 0.130 e. The maximum atomic E-state index is 6.32. The van der Waals surface area contributed by atoms with Gasteiger partial charge in [-0.3, -0.25) is 4.98 Å². The first-order chi connectivity index (χ1) is 9.78. The Morgan fingerprint density at radius 1 is 1.25 bits per heavy atom. The van der Waals surface area contributed by atoms with Crippen LogP contribution in [-0.2, 0) is 5.88 Å². The highest BCUT2D eigenvalue weighted by atomic mass is 35.5. The van der Waals surface area contributed by atoms with Crippen molar-refractivity contribution in [2.24, 2.45) is 5.92 Å². The number of benzene rings is 1. The predicted molar refractivity (Wildman–Crippen MR) is 83.3 cm³/mol. The van der Waals surface area contributed by atoms with E-state index in [9.17, 15) is 0 Å². The second-order valence-corrected chi connectivity index (χ2v) is 5.95. The van der Waals surface area contributed by atoms with Crippen molar-refractivity contribution < 1.29 is 4.74 Å². The van der Waals surface area contributed by atoms with Gasteiger partial charge in [0.15, 0.2) is 0 Å². The molecule has 20 heavy (non-hydrogen) atoms. The molecule has 1 aromatic heterocycles. The summed E-state index contributed by atoms with van der Waals surface area (Å²) in [6, 6.07) is 10.1. The van der Waals surface area contributed by atoms with E-state index in [-0.39, 0.29) is 0 Å². The van der Waals surface area contributed by atoms with Crippen molar-refractivity contribution >= 4 is 22.5 Å². The Morgan fingerprint density at radius 3 is 2.85 bits per heavy atom. The number of nitrogens with zero attached hydrogens (tertiary/aromatic N) is 1. The van der Waals surface area contributed by atoms with Gasteiger partial charge < -0.3 is 4.74 Å². The Balaban J connectivity index is 1.96. The number of hydrogen-bond acceptors (Lipinski definition) is 2. The minimum Gasteiger partial charge on any atom is -0.489 e. The minimum absolute atomic E-state index is 0.317. The highest BCUT2D eigenvalue weighted by Gasteiger charge is 2.23. The average Bonchev–Trinajstić information content (AvgIpc) is 2.49. The van der Waals surface area contributed by atoms with E-state index in [1.165, 1.54) is 19.3 Å². The van der Waals surface area contributed by atoms with E-state index >= 15 is 0 Å². The summed E-state index contributed by atoms with van der Waals surface area (Å²) >= 11 is 5.95. The normalized spacial score (nSPS) is 22.9. The molecule has 1 saturated carbocycles. The lowest BCUT2D eigenvalue weighted by Gasteiger charge is -2.29. The fourth-order valence-electron chi connectivity index (χ4n) is 2.98. The van der Waals surface area contributed by atoms with Crippen molar-refractivity contribution in [3.63, 3.8) is 0 Å². The van der Waals surface area contributed by atoms with E-state index in [1.807, 2.05) is 24.3 Å². The van der Waals surface area contributed by atoms with Crippen LogP contribution in [0.5, 0.6) is 5.75 Å². The number of ether oxygens (including phenoxy) is 1. The molecule has 0 bridgehead atoms. The first-order valence-electron chi connectivity index (χ1n) is 7.39. The fourth-order valence-corrected chi connectivity index (χ4v) is 3.12. The number of halogens is 1. The number of rotatable bonds is 3. The first kappa shape index (κ1) is 13.7. The molecule has 2 atom stereocenters. The second kappa shape index (κ2) is 6.01. The number of alkyl halides is 1. The maximum absolute atomic E-state index is 6.32. The Kier molecular flexibility index (Phi) is 4.11. The maximum Gasteiger partial charge on any atom is 0.130 e. The number of fused-ring (bicyclic) bond motifs is 1. The van der Waals surface area contributed by atoms with Gasteiger partial charge in [0, 0.05) is 11.5 Å². The Hall–Kier alpha value is -1.28. The summed E-state index contributed by atoms with van der Waals surface area (Å²) in [7, 11) is 0. The molecule has 0 saturated heterocycles. The van der Waals surface area contributed by atoms with Gasteiger partial charge in [-0.05, 0) is 37.3 Å². The summed E-state index contributed by atoms with van der Waals surface area (Å²) in [5.74, 6) is 1.97. The largest absolute Gasteiger partial charge is 0.489 e. The molecule has 1 fully saturated rings. The lowest BCUT2D eigenvalue weighted by molar-refractivity contribution is 0.104. The van der Waals surface area contributed by atoms with Crippen molar-refractivity contribution in [1.82, 2.24) is 4.98 Å². The van der Waals surface area contributed by atoms with E-state index in [1.54, 1.807) is 0 Å². The van der Waals surface area contributed by atoms with E-state index in [0.29, 0.717) is 17.9 Å². The van der Waals surface area contributed by atoms with Crippen LogP contribution in [0.15, 0.2) is 30.3 Å². The summed E-state index contributed by atoms with van der Waals surface area (Å²) in [6.07, 6.45) is 5.31. The molecule has 1 aromatic carbocycles. The van der Waals surface area contributed by atoms with Crippen LogP contribution in [0.1, 0.15) is 38.3 Å². The zero-order valence-electron chi connectivity index (χ0n) is 11.8. The molecular weight excluding hydrogens is 270 g/mol. The van der Waals surface area contributed by atoms with Gasteiger partial charge in [-0.2, -0.15) is 0 Å². The van der Waals surface area contributed by atoms with Crippen molar-refractivity contribution in [3.05, 3.63) is 36.0 Å². The van der Waals surface area contributed by atoms with Gasteiger partial charge in [0.25, 0.3) is 0 Å². The van der Waals surface area contributed by atoms with E-state index < -0.39 is 0 Å². The highest BCUT2D eigenvalue weighted by molar-refractivity contribution is 6.17. The second-order valence-electron chi connectivity index (χ2n) is 5.68. The van der Waals surface area contributed by atoms with Crippen LogP contribution in [-0.4, -0.2) is 11.1 Å².